The Hall–Kier alpha value is -0.860. The molecule has 0 aliphatic carbocycles. The van der Waals surface area contributed by atoms with Gasteiger partial charge in [-0.1, -0.05) is 13.0 Å². The predicted molar refractivity (Wildman–Crippen MR) is 69.9 cm³/mol. The molecule has 1 amide bonds. The number of nitrogens with zero attached hydrogens (tertiary/aromatic N) is 1. The summed E-state index contributed by atoms with van der Waals surface area (Å²) in [5.41, 5.74) is 0.654. The molecule has 0 spiro atoms. The lowest BCUT2D eigenvalue weighted by Gasteiger charge is -2.11. The zero-order valence-electron chi connectivity index (χ0n) is 8.63. The number of carbonyl (C=O) groups excluding carboxylic acids is 1. The van der Waals surface area contributed by atoms with Crippen LogP contribution in [0, 0.1) is 17.2 Å². The van der Waals surface area contributed by atoms with Crippen molar-refractivity contribution in [2.75, 3.05) is 5.32 Å². The third kappa shape index (κ3) is 3.06. The topological polar surface area (TPSA) is 52.9 Å². The number of benzene rings is 1. The van der Waals surface area contributed by atoms with Crippen LogP contribution in [0.1, 0.15) is 13.3 Å². The Morgan fingerprint density at radius 3 is 2.50 bits per heavy atom. The minimum absolute atomic E-state index is 0.280. The molecule has 1 aromatic carbocycles. The maximum Gasteiger partial charge on any atom is 0.241 e. The van der Waals surface area contributed by atoms with Gasteiger partial charge in [0, 0.05) is 8.95 Å². The van der Waals surface area contributed by atoms with Crippen LogP contribution in [0.15, 0.2) is 27.1 Å². The molecule has 1 N–H and O–H groups in total. The zero-order chi connectivity index (χ0) is 12.1. The lowest BCUT2D eigenvalue weighted by Crippen LogP contribution is -2.21. The van der Waals surface area contributed by atoms with Gasteiger partial charge < -0.3 is 5.32 Å². The largest absolute Gasteiger partial charge is 0.323 e. The number of nitriles is 1. The van der Waals surface area contributed by atoms with Crippen molar-refractivity contribution in [2.24, 2.45) is 5.92 Å². The number of para-hydroxylation sites is 1. The van der Waals surface area contributed by atoms with Gasteiger partial charge in [0.05, 0.1) is 11.8 Å². The number of rotatable bonds is 3. The van der Waals surface area contributed by atoms with E-state index in [1.54, 1.807) is 0 Å². The molecular weight excluding hydrogens is 336 g/mol. The van der Waals surface area contributed by atoms with Gasteiger partial charge >= 0.3 is 0 Å². The van der Waals surface area contributed by atoms with Crippen LogP contribution >= 0.6 is 31.9 Å². The van der Waals surface area contributed by atoms with Crippen molar-refractivity contribution in [3.63, 3.8) is 0 Å². The summed E-state index contributed by atoms with van der Waals surface area (Å²) >= 11 is 6.68. The number of amides is 1. The fourth-order valence-corrected chi connectivity index (χ4v) is 2.36. The smallest absolute Gasteiger partial charge is 0.241 e. The molecule has 1 atom stereocenters. The van der Waals surface area contributed by atoms with Crippen molar-refractivity contribution in [1.29, 1.82) is 5.26 Å². The second-order valence-corrected chi connectivity index (χ2v) is 4.88. The molecule has 0 radical (unpaired) electrons. The number of halogens is 2. The highest BCUT2D eigenvalue weighted by molar-refractivity contribution is 9.11. The number of hydrogen-bond acceptors (Lipinski definition) is 2. The molecule has 84 valence electrons. The average Bonchev–Trinajstić information content (AvgIpc) is 2.25. The van der Waals surface area contributed by atoms with Crippen LogP contribution in [0.5, 0.6) is 0 Å². The van der Waals surface area contributed by atoms with Gasteiger partial charge in [-0.2, -0.15) is 5.26 Å². The minimum atomic E-state index is -0.612. The average molecular weight is 346 g/mol. The van der Waals surface area contributed by atoms with Crippen LogP contribution in [0.3, 0.4) is 0 Å². The lowest BCUT2D eigenvalue weighted by atomic mass is 10.1. The van der Waals surface area contributed by atoms with Crippen LogP contribution in [0.2, 0.25) is 0 Å². The second-order valence-electron chi connectivity index (χ2n) is 3.18. The van der Waals surface area contributed by atoms with Crippen molar-refractivity contribution in [1.82, 2.24) is 0 Å². The highest BCUT2D eigenvalue weighted by Crippen LogP contribution is 2.30. The summed E-state index contributed by atoms with van der Waals surface area (Å²) in [4.78, 5) is 11.7. The normalized spacial score (nSPS) is 11.6. The third-order valence-electron chi connectivity index (χ3n) is 2.09. The molecule has 0 aliphatic heterocycles. The van der Waals surface area contributed by atoms with Gasteiger partial charge in [-0.15, -0.1) is 0 Å². The van der Waals surface area contributed by atoms with Gasteiger partial charge in [0.25, 0.3) is 0 Å². The van der Waals surface area contributed by atoms with Gasteiger partial charge in [-0.3, -0.25) is 4.79 Å². The summed E-state index contributed by atoms with van der Waals surface area (Å²) in [5, 5.41) is 11.5. The van der Waals surface area contributed by atoms with Crippen LogP contribution in [-0.2, 0) is 4.79 Å². The third-order valence-corrected chi connectivity index (χ3v) is 3.41. The van der Waals surface area contributed by atoms with E-state index in [0.717, 1.165) is 8.95 Å². The molecule has 0 aliphatic rings. The van der Waals surface area contributed by atoms with Crippen LogP contribution in [-0.4, -0.2) is 5.91 Å². The molecule has 5 heteroatoms. The van der Waals surface area contributed by atoms with Crippen LogP contribution in [0.4, 0.5) is 5.69 Å². The molecule has 0 heterocycles. The van der Waals surface area contributed by atoms with Gasteiger partial charge in [-0.25, -0.2) is 0 Å². The van der Waals surface area contributed by atoms with E-state index >= 15 is 0 Å². The molecule has 0 saturated heterocycles. The molecule has 1 rings (SSSR count). The molecular formula is C11H10Br2N2O. The highest BCUT2D eigenvalue weighted by atomic mass is 79.9. The van der Waals surface area contributed by atoms with Gasteiger partial charge in [-0.05, 0) is 50.4 Å². The first-order chi connectivity index (χ1) is 7.60. The molecule has 0 saturated carbocycles. The summed E-state index contributed by atoms with van der Waals surface area (Å²) in [6, 6.07) is 7.47. The fourth-order valence-electron chi connectivity index (χ4n) is 1.16. The zero-order valence-corrected chi connectivity index (χ0v) is 11.8. The van der Waals surface area contributed by atoms with E-state index in [1.165, 1.54) is 0 Å². The van der Waals surface area contributed by atoms with E-state index < -0.39 is 5.92 Å². The first-order valence-corrected chi connectivity index (χ1v) is 6.33. The quantitative estimate of drug-likeness (QED) is 0.908. The summed E-state index contributed by atoms with van der Waals surface area (Å²) in [7, 11) is 0. The Bertz CT molecular complexity index is 420. The first-order valence-electron chi connectivity index (χ1n) is 4.74. The summed E-state index contributed by atoms with van der Waals surface area (Å²) in [5.74, 6) is -0.892. The van der Waals surface area contributed by atoms with Crippen molar-refractivity contribution in [2.45, 2.75) is 13.3 Å². The summed E-state index contributed by atoms with van der Waals surface area (Å²) < 4.78 is 1.56. The number of nitrogens with one attached hydrogen (secondary N) is 1. The predicted octanol–water partition coefficient (Wildman–Crippen LogP) is 3.70. The molecule has 3 nitrogen and oxygen atoms in total. The fraction of sp³-hybridized carbons (Fsp3) is 0.273. The Labute approximate surface area is 111 Å². The van der Waals surface area contributed by atoms with E-state index in [-0.39, 0.29) is 5.91 Å². The van der Waals surface area contributed by atoms with Crippen molar-refractivity contribution >= 4 is 43.5 Å². The molecule has 1 aromatic rings. The van der Waals surface area contributed by atoms with E-state index in [2.05, 4.69) is 37.2 Å². The highest BCUT2D eigenvalue weighted by Gasteiger charge is 2.17. The molecule has 0 bridgehead atoms. The van der Waals surface area contributed by atoms with Gasteiger partial charge in [0.15, 0.2) is 0 Å². The van der Waals surface area contributed by atoms with Gasteiger partial charge in [0.1, 0.15) is 5.92 Å². The number of carbonyl (C=O) groups is 1. The number of anilines is 1. The maximum absolute atomic E-state index is 11.7. The van der Waals surface area contributed by atoms with Crippen molar-refractivity contribution in [3.05, 3.63) is 27.1 Å². The van der Waals surface area contributed by atoms with E-state index in [4.69, 9.17) is 5.26 Å². The molecule has 16 heavy (non-hydrogen) atoms. The Kier molecular flexibility index (Phi) is 4.97. The van der Waals surface area contributed by atoms with E-state index in [9.17, 15) is 4.79 Å². The Morgan fingerprint density at radius 1 is 1.50 bits per heavy atom. The van der Waals surface area contributed by atoms with Crippen molar-refractivity contribution in [3.8, 4) is 6.07 Å². The van der Waals surface area contributed by atoms with Gasteiger partial charge in [0.2, 0.25) is 5.91 Å². The van der Waals surface area contributed by atoms with Crippen molar-refractivity contribution < 1.29 is 4.79 Å². The summed E-state index contributed by atoms with van der Waals surface area (Å²) in [6.07, 6.45) is 0.504. The standard InChI is InChI=1S/C11H10Br2N2O/c1-2-7(6-14)11(16)15-10-8(12)4-3-5-9(10)13/h3-5,7H,2H2,1H3,(H,15,16). The number of hydrogen-bond donors (Lipinski definition) is 1. The Morgan fingerprint density at radius 2 is 2.06 bits per heavy atom. The van der Waals surface area contributed by atoms with Crippen LogP contribution in [0.25, 0.3) is 0 Å². The molecule has 1 unspecified atom stereocenters. The Balaban J connectivity index is 2.89. The monoisotopic (exact) mass is 344 g/mol. The van der Waals surface area contributed by atoms with E-state index in [1.807, 2.05) is 31.2 Å². The summed E-state index contributed by atoms with van der Waals surface area (Å²) in [6.45, 7) is 1.81. The minimum Gasteiger partial charge on any atom is -0.323 e. The second kappa shape index (κ2) is 6.02. The molecule has 0 fully saturated rings. The lowest BCUT2D eigenvalue weighted by molar-refractivity contribution is -0.118. The van der Waals surface area contributed by atoms with Crippen LogP contribution < -0.4 is 5.32 Å². The SMILES string of the molecule is CCC(C#N)C(=O)Nc1c(Br)cccc1Br. The molecule has 0 aromatic heterocycles. The van der Waals surface area contributed by atoms with E-state index in [0.29, 0.717) is 12.1 Å². The maximum atomic E-state index is 11.7. The first kappa shape index (κ1) is 13.2.